The van der Waals surface area contributed by atoms with Crippen LogP contribution in [-0.2, 0) is 4.79 Å². The molecule has 2 aromatic carbocycles. The molecule has 1 aliphatic rings. The Balaban J connectivity index is 1.78. The van der Waals surface area contributed by atoms with E-state index in [4.69, 9.17) is 19.2 Å². The predicted octanol–water partition coefficient (Wildman–Crippen LogP) is 4.20. The SMILES string of the molecule is COc1ccc([C@H]2C(C(C)=O)=C(C)Oc3ncn4nc(-c5ccccc5)nc4c32)cc1OC. The van der Waals surface area contributed by atoms with Crippen molar-refractivity contribution in [1.29, 1.82) is 0 Å². The molecular weight excluding hydrogens is 420 g/mol. The number of ether oxygens (including phenoxy) is 3. The molecule has 0 N–H and O–H groups in total. The number of hydrogen-bond donors (Lipinski definition) is 0. The van der Waals surface area contributed by atoms with E-state index in [0.717, 1.165) is 11.1 Å². The summed E-state index contributed by atoms with van der Waals surface area (Å²) >= 11 is 0. The number of nitrogens with zero attached hydrogens (tertiary/aromatic N) is 4. The number of methoxy groups -OCH3 is 2. The Labute approximate surface area is 190 Å². The molecule has 166 valence electrons. The van der Waals surface area contributed by atoms with Gasteiger partial charge in [-0.1, -0.05) is 36.4 Å². The Morgan fingerprint density at radius 2 is 1.82 bits per heavy atom. The minimum Gasteiger partial charge on any atom is -0.493 e. The molecule has 0 aliphatic carbocycles. The summed E-state index contributed by atoms with van der Waals surface area (Å²) in [7, 11) is 3.16. The van der Waals surface area contributed by atoms with Gasteiger partial charge in [-0.3, -0.25) is 4.79 Å². The zero-order chi connectivity index (χ0) is 23.1. The van der Waals surface area contributed by atoms with Crippen LogP contribution in [-0.4, -0.2) is 39.6 Å². The third-order valence-electron chi connectivity index (χ3n) is 5.75. The van der Waals surface area contributed by atoms with E-state index in [9.17, 15) is 4.79 Å². The number of allylic oxidation sites excluding steroid dienone is 2. The molecule has 0 spiro atoms. The number of carbonyl (C=O) groups excluding carboxylic acids is 1. The van der Waals surface area contributed by atoms with Gasteiger partial charge in [-0.2, -0.15) is 0 Å². The van der Waals surface area contributed by atoms with Crippen molar-refractivity contribution in [2.24, 2.45) is 0 Å². The summed E-state index contributed by atoms with van der Waals surface area (Å²) in [4.78, 5) is 22.1. The van der Waals surface area contributed by atoms with E-state index < -0.39 is 5.92 Å². The van der Waals surface area contributed by atoms with Gasteiger partial charge in [0.25, 0.3) is 0 Å². The van der Waals surface area contributed by atoms with Crippen molar-refractivity contribution in [1.82, 2.24) is 19.6 Å². The zero-order valence-corrected chi connectivity index (χ0v) is 18.7. The number of fused-ring (bicyclic) bond motifs is 3. The van der Waals surface area contributed by atoms with Crippen LogP contribution in [0.25, 0.3) is 17.0 Å². The molecule has 3 heterocycles. The van der Waals surface area contributed by atoms with Gasteiger partial charge in [-0.15, -0.1) is 5.10 Å². The van der Waals surface area contributed by atoms with Gasteiger partial charge in [0.1, 0.15) is 12.1 Å². The van der Waals surface area contributed by atoms with Crippen molar-refractivity contribution in [3.63, 3.8) is 0 Å². The molecule has 1 atom stereocenters. The lowest BCUT2D eigenvalue weighted by Gasteiger charge is -2.28. The lowest BCUT2D eigenvalue weighted by atomic mass is 9.81. The number of hydrogen-bond acceptors (Lipinski definition) is 7. The summed E-state index contributed by atoms with van der Waals surface area (Å²) in [6.45, 7) is 3.31. The molecule has 8 nitrogen and oxygen atoms in total. The average Bonchev–Trinajstić information content (AvgIpc) is 3.27. The molecule has 0 bridgehead atoms. The fraction of sp³-hybridized carbons (Fsp3) is 0.200. The summed E-state index contributed by atoms with van der Waals surface area (Å²) in [5.41, 5.74) is 3.50. The van der Waals surface area contributed by atoms with Crippen LogP contribution in [0.4, 0.5) is 0 Å². The van der Waals surface area contributed by atoms with E-state index in [2.05, 4.69) is 10.1 Å². The first-order valence-corrected chi connectivity index (χ1v) is 10.4. The Bertz CT molecular complexity index is 1410. The Kier molecular flexibility index (Phi) is 5.05. The fourth-order valence-electron chi connectivity index (χ4n) is 4.27. The van der Waals surface area contributed by atoms with Crippen LogP contribution in [0.3, 0.4) is 0 Å². The molecule has 0 saturated heterocycles. The van der Waals surface area contributed by atoms with Crippen molar-refractivity contribution < 1.29 is 19.0 Å². The van der Waals surface area contributed by atoms with Crippen LogP contribution >= 0.6 is 0 Å². The number of carbonyl (C=O) groups is 1. The fourth-order valence-corrected chi connectivity index (χ4v) is 4.27. The van der Waals surface area contributed by atoms with Crippen molar-refractivity contribution in [3.05, 3.63) is 77.3 Å². The highest BCUT2D eigenvalue weighted by Crippen LogP contribution is 2.45. The second-order valence-corrected chi connectivity index (χ2v) is 7.71. The standard InChI is InChI=1S/C25H22N4O4/c1-14(30)20-15(2)33-25-22(21(20)17-10-11-18(31-3)19(12-17)32-4)24-27-23(28-29(24)13-26-25)16-8-6-5-7-9-16/h5-13,21H,1-4H3/t21-/m0/s1. The maximum absolute atomic E-state index is 12.8. The van der Waals surface area contributed by atoms with Gasteiger partial charge in [-0.25, -0.2) is 14.5 Å². The summed E-state index contributed by atoms with van der Waals surface area (Å²) in [6, 6.07) is 15.3. The van der Waals surface area contributed by atoms with Crippen LogP contribution in [0, 0.1) is 0 Å². The molecule has 0 amide bonds. The third-order valence-corrected chi connectivity index (χ3v) is 5.75. The number of aromatic nitrogens is 4. The normalized spacial score (nSPS) is 15.2. The number of rotatable bonds is 5. The van der Waals surface area contributed by atoms with E-state index in [1.54, 1.807) is 32.0 Å². The Morgan fingerprint density at radius 3 is 2.52 bits per heavy atom. The third kappa shape index (κ3) is 3.40. The van der Waals surface area contributed by atoms with Gasteiger partial charge in [0, 0.05) is 11.1 Å². The Hall–Kier alpha value is -4.20. The topological polar surface area (TPSA) is 87.8 Å². The molecule has 4 aromatic rings. The van der Waals surface area contributed by atoms with E-state index in [-0.39, 0.29) is 5.78 Å². The van der Waals surface area contributed by atoms with Gasteiger partial charge >= 0.3 is 0 Å². The second kappa shape index (κ2) is 8.05. The maximum atomic E-state index is 12.8. The van der Waals surface area contributed by atoms with Crippen molar-refractivity contribution in [3.8, 4) is 28.8 Å². The van der Waals surface area contributed by atoms with Gasteiger partial charge in [0.15, 0.2) is 28.8 Å². The monoisotopic (exact) mass is 442 g/mol. The summed E-state index contributed by atoms with van der Waals surface area (Å²) < 4.78 is 18.5. The molecule has 33 heavy (non-hydrogen) atoms. The first-order chi connectivity index (χ1) is 16.0. The zero-order valence-electron chi connectivity index (χ0n) is 18.7. The summed E-state index contributed by atoms with van der Waals surface area (Å²) in [6.07, 6.45) is 1.57. The number of ketones is 1. The van der Waals surface area contributed by atoms with Crippen LogP contribution in [0.2, 0.25) is 0 Å². The first-order valence-electron chi connectivity index (χ1n) is 10.4. The van der Waals surface area contributed by atoms with E-state index >= 15 is 0 Å². The van der Waals surface area contributed by atoms with Gasteiger partial charge in [-0.05, 0) is 31.5 Å². The van der Waals surface area contributed by atoms with Gasteiger partial charge in [0.05, 0.1) is 25.7 Å². The molecule has 0 fully saturated rings. The number of Topliss-reactive ketones (excluding diaryl/α,β-unsaturated/α-hetero) is 1. The molecule has 0 radical (unpaired) electrons. The highest BCUT2D eigenvalue weighted by atomic mass is 16.5. The van der Waals surface area contributed by atoms with E-state index in [0.29, 0.717) is 45.7 Å². The second-order valence-electron chi connectivity index (χ2n) is 7.71. The Morgan fingerprint density at radius 1 is 1.06 bits per heavy atom. The molecular formula is C25H22N4O4. The van der Waals surface area contributed by atoms with Crippen LogP contribution in [0.15, 0.2) is 66.2 Å². The lowest BCUT2D eigenvalue weighted by Crippen LogP contribution is -2.22. The first kappa shape index (κ1) is 20.7. The largest absolute Gasteiger partial charge is 0.493 e. The van der Waals surface area contributed by atoms with Crippen molar-refractivity contribution in [2.45, 2.75) is 19.8 Å². The lowest BCUT2D eigenvalue weighted by molar-refractivity contribution is -0.114. The average molecular weight is 442 g/mol. The van der Waals surface area contributed by atoms with Gasteiger partial charge in [0.2, 0.25) is 5.88 Å². The number of benzene rings is 2. The van der Waals surface area contributed by atoms with Crippen molar-refractivity contribution >= 4 is 11.4 Å². The van der Waals surface area contributed by atoms with Crippen LogP contribution in [0.1, 0.15) is 30.9 Å². The quantitative estimate of drug-likeness (QED) is 0.458. The predicted molar refractivity (Wildman–Crippen MR) is 122 cm³/mol. The molecule has 0 saturated carbocycles. The molecule has 2 aromatic heterocycles. The molecule has 0 unspecified atom stereocenters. The maximum Gasteiger partial charge on any atom is 0.228 e. The summed E-state index contributed by atoms with van der Waals surface area (Å²) in [5.74, 6) is 2.08. The van der Waals surface area contributed by atoms with E-state index in [1.807, 2.05) is 48.5 Å². The molecule has 1 aliphatic heterocycles. The smallest absolute Gasteiger partial charge is 0.228 e. The highest BCUT2D eigenvalue weighted by Gasteiger charge is 2.36. The minimum atomic E-state index is -0.463. The van der Waals surface area contributed by atoms with Crippen LogP contribution < -0.4 is 14.2 Å². The summed E-state index contributed by atoms with van der Waals surface area (Å²) in [5, 5.41) is 4.61. The molecule has 5 rings (SSSR count). The molecule has 8 heteroatoms. The van der Waals surface area contributed by atoms with Gasteiger partial charge < -0.3 is 14.2 Å². The minimum absolute atomic E-state index is 0.0947. The van der Waals surface area contributed by atoms with Crippen molar-refractivity contribution in [2.75, 3.05) is 14.2 Å². The van der Waals surface area contributed by atoms with Crippen LogP contribution in [0.5, 0.6) is 17.4 Å². The van der Waals surface area contributed by atoms with E-state index in [1.165, 1.54) is 6.92 Å². The highest BCUT2D eigenvalue weighted by molar-refractivity contribution is 5.97.